The number of benzene rings is 1. The summed E-state index contributed by atoms with van der Waals surface area (Å²) in [6.45, 7) is 8.03. The Bertz CT molecular complexity index is 703. The number of sulfone groups is 1. The molecular formula is C16H25N3O4S. The van der Waals surface area contributed by atoms with Crippen LogP contribution in [0.4, 0.5) is 11.4 Å². The number of hydrogen-bond donors (Lipinski definition) is 1. The van der Waals surface area contributed by atoms with Gasteiger partial charge in [-0.1, -0.05) is 19.9 Å². The van der Waals surface area contributed by atoms with Crippen LogP contribution in [0.3, 0.4) is 0 Å². The van der Waals surface area contributed by atoms with Crippen LogP contribution >= 0.6 is 0 Å². The Morgan fingerprint density at radius 2 is 2.12 bits per heavy atom. The molecule has 24 heavy (non-hydrogen) atoms. The number of nitro groups is 1. The molecule has 1 aliphatic heterocycles. The van der Waals surface area contributed by atoms with E-state index >= 15 is 0 Å². The van der Waals surface area contributed by atoms with Crippen LogP contribution in [-0.4, -0.2) is 50.7 Å². The van der Waals surface area contributed by atoms with Crippen molar-refractivity contribution in [3.05, 3.63) is 28.3 Å². The lowest BCUT2D eigenvalue weighted by Crippen LogP contribution is -2.26. The predicted molar refractivity (Wildman–Crippen MR) is 94.1 cm³/mol. The Morgan fingerprint density at radius 3 is 2.71 bits per heavy atom. The van der Waals surface area contributed by atoms with Crippen molar-refractivity contribution in [2.24, 2.45) is 11.8 Å². The standard InChI is InChI=1S/C16H25N3O4S/c1-12(2)10-18-8-7-13(11-18)9-17-14-5-4-6-15(24(3,22)23)16(14)19(20)21/h4-6,12-13,17H,7-11H2,1-3H3. The first-order valence-electron chi connectivity index (χ1n) is 8.12. The highest BCUT2D eigenvalue weighted by Crippen LogP contribution is 2.32. The highest BCUT2D eigenvalue weighted by molar-refractivity contribution is 7.90. The van der Waals surface area contributed by atoms with E-state index in [1.54, 1.807) is 6.07 Å². The minimum absolute atomic E-state index is 0.245. The molecule has 1 unspecified atom stereocenters. The third-order valence-corrected chi connectivity index (χ3v) is 5.28. The summed E-state index contributed by atoms with van der Waals surface area (Å²) in [5.41, 5.74) is -0.0951. The van der Waals surface area contributed by atoms with Crippen LogP contribution in [0.2, 0.25) is 0 Å². The summed E-state index contributed by atoms with van der Waals surface area (Å²) in [6.07, 6.45) is 2.03. The van der Waals surface area contributed by atoms with Gasteiger partial charge in [-0.25, -0.2) is 8.42 Å². The summed E-state index contributed by atoms with van der Waals surface area (Å²) in [5.74, 6) is 1.02. The molecule has 1 atom stereocenters. The quantitative estimate of drug-likeness (QED) is 0.596. The van der Waals surface area contributed by atoms with Crippen LogP contribution in [0.1, 0.15) is 20.3 Å². The molecule has 1 heterocycles. The Kier molecular flexibility index (Phi) is 5.82. The second-order valence-electron chi connectivity index (χ2n) is 6.87. The van der Waals surface area contributed by atoms with Crippen molar-refractivity contribution in [1.82, 2.24) is 4.90 Å². The van der Waals surface area contributed by atoms with Crippen LogP contribution in [0.25, 0.3) is 0 Å². The number of nitro benzene ring substituents is 1. The van der Waals surface area contributed by atoms with E-state index in [2.05, 4.69) is 24.1 Å². The third-order valence-electron chi connectivity index (χ3n) is 4.16. The van der Waals surface area contributed by atoms with Gasteiger partial charge < -0.3 is 10.2 Å². The van der Waals surface area contributed by atoms with Crippen LogP contribution in [0.15, 0.2) is 23.1 Å². The first-order valence-corrected chi connectivity index (χ1v) is 10.0. The number of rotatable bonds is 7. The number of anilines is 1. The van der Waals surface area contributed by atoms with Gasteiger partial charge in [0, 0.05) is 25.9 Å². The zero-order valence-corrected chi connectivity index (χ0v) is 15.2. The second kappa shape index (κ2) is 7.48. The van der Waals surface area contributed by atoms with E-state index in [1.165, 1.54) is 12.1 Å². The highest BCUT2D eigenvalue weighted by Gasteiger charge is 2.27. The molecule has 0 radical (unpaired) electrons. The summed E-state index contributed by atoms with van der Waals surface area (Å²) in [5, 5.41) is 14.4. The van der Waals surface area contributed by atoms with Crippen molar-refractivity contribution in [2.75, 3.05) is 37.8 Å². The summed E-state index contributed by atoms with van der Waals surface area (Å²) in [4.78, 5) is 12.9. The molecule has 1 aromatic rings. The summed E-state index contributed by atoms with van der Waals surface area (Å²) >= 11 is 0. The average Bonchev–Trinajstić information content (AvgIpc) is 2.90. The van der Waals surface area contributed by atoms with Gasteiger partial charge in [0.05, 0.1) is 4.92 Å². The molecule has 8 heteroatoms. The highest BCUT2D eigenvalue weighted by atomic mass is 32.2. The van der Waals surface area contributed by atoms with Crippen molar-refractivity contribution in [3.63, 3.8) is 0 Å². The minimum atomic E-state index is -3.65. The van der Waals surface area contributed by atoms with Crippen molar-refractivity contribution in [3.8, 4) is 0 Å². The Balaban J connectivity index is 2.10. The zero-order chi connectivity index (χ0) is 17.9. The maximum atomic E-state index is 11.8. The zero-order valence-electron chi connectivity index (χ0n) is 14.4. The lowest BCUT2D eigenvalue weighted by Gasteiger charge is -2.18. The molecule has 1 fully saturated rings. The maximum absolute atomic E-state index is 11.8. The van der Waals surface area contributed by atoms with E-state index in [0.717, 1.165) is 32.3 Å². The second-order valence-corrected chi connectivity index (χ2v) is 8.85. The van der Waals surface area contributed by atoms with Gasteiger partial charge in [-0.15, -0.1) is 0 Å². The van der Waals surface area contributed by atoms with Crippen molar-refractivity contribution >= 4 is 21.2 Å². The lowest BCUT2D eigenvalue weighted by molar-refractivity contribution is -0.386. The van der Waals surface area contributed by atoms with Crippen LogP contribution < -0.4 is 5.32 Å². The normalized spacial score (nSPS) is 18.9. The molecule has 2 rings (SSSR count). The lowest BCUT2D eigenvalue weighted by atomic mass is 10.1. The monoisotopic (exact) mass is 355 g/mol. The summed E-state index contributed by atoms with van der Waals surface area (Å²) in [7, 11) is -3.65. The van der Waals surface area contributed by atoms with E-state index in [4.69, 9.17) is 0 Å². The smallest absolute Gasteiger partial charge is 0.310 e. The largest absolute Gasteiger partial charge is 0.379 e. The predicted octanol–water partition coefficient (Wildman–Crippen LogP) is 2.39. The maximum Gasteiger partial charge on any atom is 0.310 e. The molecule has 0 bridgehead atoms. The van der Waals surface area contributed by atoms with Gasteiger partial charge in [0.2, 0.25) is 0 Å². The molecule has 0 amide bonds. The molecule has 1 N–H and O–H groups in total. The SMILES string of the molecule is CC(C)CN1CCC(CNc2cccc(S(C)(=O)=O)c2[N+](=O)[O-])C1. The van der Waals surface area contributed by atoms with Crippen LogP contribution in [0.5, 0.6) is 0 Å². The topological polar surface area (TPSA) is 92.6 Å². The van der Waals surface area contributed by atoms with Gasteiger partial charge >= 0.3 is 5.69 Å². The molecule has 7 nitrogen and oxygen atoms in total. The number of nitrogens with zero attached hydrogens (tertiary/aromatic N) is 2. The summed E-state index contributed by atoms with van der Waals surface area (Å²) < 4.78 is 23.6. The molecule has 1 saturated heterocycles. The Morgan fingerprint density at radius 1 is 1.42 bits per heavy atom. The molecule has 0 aromatic heterocycles. The minimum Gasteiger partial charge on any atom is -0.379 e. The first kappa shape index (κ1) is 18.7. The van der Waals surface area contributed by atoms with Crippen LogP contribution in [0, 0.1) is 22.0 Å². The summed E-state index contributed by atoms with van der Waals surface area (Å²) in [6, 6.07) is 4.37. The number of hydrogen-bond acceptors (Lipinski definition) is 6. The molecule has 134 valence electrons. The molecule has 0 aliphatic carbocycles. The van der Waals surface area contributed by atoms with Gasteiger partial charge in [0.15, 0.2) is 9.84 Å². The van der Waals surface area contributed by atoms with Gasteiger partial charge in [-0.05, 0) is 36.9 Å². The fourth-order valence-corrected chi connectivity index (χ4v) is 4.03. The molecule has 1 aromatic carbocycles. The van der Waals surface area contributed by atoms with E-state index in [0.29, 0.717) is 18.4 Å². The van der Waals surface area contributed by atoms with E-state index in [9.17, 15) is 18.5 Å². The van der Waals surface area contributed by atoms with Crippen molar-refractivity contribution in [2.45, 2.75) is 25.2 Å². The Hall–Kier alpha value is -1.67. The fourth-order valence-electron chi connectivity index (χ4n) is 3.17. The number of para-hydroxylation sites is 1. The van der Waals surface area contributed by atoms with Gasteiger partial charge in [-0.2, -0.15) is 0 Å². The fraction of sp³-hybridized carbons (Fsp3) is 0.625. The number of nitrogens with one attached hydrogen (secondary N) is 1. The first-order chi connectivity index (χ1) is 11.2. The van der Waals surface area contributed by atoms with Crippen molar-refractivity contribution in [1.29, 1.82) is 0 Å². The molecule has 0 saturated carbocycles. The molecular weight excluding hydrogens is 330 g/mol. The van der Waals surface area contributed by atoms with Gasteiger partial charge in [-0.3, -0.25) is 10.1 Å². The van der Waals surface area contributed by atoms with Gasteiger partial charge in [0.25, 0.3) is 0 Å². The third kappa shape index (κ3) is 4.67. The Labute approximate surface area is 143 Å². The van der Waals surface area contributed by atoms with Crippen molar-refractivity contribution < 1.29 is 13.3 Å². The average molecular weight is 355 g/mol. The molecule has 0 spiro atoms. The molecule has 1 aliphatic rings. The van der Waals surface area contributed by atoms with E-state index < -0.39 is 14.8 Å². The van der Waals surface area contributed by atoms with E-state index in [1.807, 2.05) is 0 Å². The van der Waals surface area contributed by atoms with Crippen LogP contribution in [-0.2, 0) is 9.84 Å². The van der Waals surface area contributed by atoms with E-state index in [-0.39, 0.29) is 16.3 Å². The van der Waals surface area contributed by atoms with Gasteiger partial charge in [0.1, 0.15) is 10.6 Å². The number of likely N-dealkylation sites (tertiary alicyclic amines) is 1.